The number of hydrogen-bond acceptors (Lipinski definition) is 2. The molecule has 1 atom stereocenters. The lowest BCUT2D eigenvalue weighted by atomic mass is 10.5. The number of hydrogen-bond donors (Lipinski definition) is 2. The SMILES string of the molecule is CCCOP(=O)(O)CCC[NH+](C)C. The molecule has 1 unspecified atom stereocenters. The van der Waals surface area contributed by atoms with E-state index in [1.54, 1.807) is 0 Å². The molecule has 0 aliphatic carbocycles. The molecule has 4 nitrogen and oxygen atoms in total. The van der Waals surface area contributed by atoms with Gasteiger partial charge in [0.1, 0.15) is 0 Å². The molecule has 5 heteroatoms. The maximum Gasteiger partial charge on any atom is 0.328 e. The molecule has 0 heterocycles. The van der Waals surface area contributed by atoms with Crippen LogP contribution >= 0.6 is 7.60 Å². The van der Waals surface area contributed by atoms with Crippen LogP contribution in [-0.4, -0.2) is 38.3 Å². The molecule has 0 spiro atoms. The predicted molar refractivity (Wildman–Crippen MR) is 53.2 cm³/mol. The minimum Gasteiger partial charge on any atom is -0.340 e. The van der Waals surface area contributed by atoms with Crippen LogP contribution in [0.1, 0.15) is 19.8 Å². The highest BCUT2D eigenvalue weighted by molar-refractivity contribution is 7.52. The monoisotopic (exact) mass is 210 g/mol. The van der Waals surface area contributed by atoms with Crippen molar-refractivity contribution in [2.24, 2.45) is 0 Å². The van der Waals surface area contributed by atoms with Gasteiger partial charge >= 0.3 is 7.60 Å². The summed E-state index contributed by atoms with van der Waals surface area (Å²) in [5, 5.41) is 0. The van der Waals surface area contributed by atoms with Crippen LogP contribution in [0, 0.1) is 0 Å². The Morgan fingerprint density at radius 2 is 2.08 bits per heavy atom. The molecular formula is C8H21NO3P+. The van der Waals surface area contributed by atoms with Crippen molar-refractivity contribution in [1.82, 2.24) is 0 Å². The molecule has 0 bridgehead atoms. The van der Waals surface area contributed by atoms with Gasteiger partial charge in [0.2, 0.25) is 0 Å². The predicted octanol–water partition coefficient (Wildman–Crippen LogP) is 0.133. The van der Waals surface area contributed by atoms with Crippen molar-refractivity contribution in [2.75, 3.05) is 33.4 Å². The zero-order valence-electron chi connectivity index (χ0n) is 8.75. The van der Waals surface area contributed by atoms with Crippen molar-refractivity contribution in [1.29, 1.82) is 0 Å². The first-order valence-corrected chi connectivity index (χ1v) is 6.49. The van der Waals surface area contributed by atoms with E-state index in [2.05, 4.69) is 0 Å². The van der Waals surface area contributed by atoms with E-state index in [4.69, 9.17) is 4.52 Å². The van der Waals surface area contributed by atoms with E-state index >= 15 is 0 Å². The average Bonchev–Trinajstić information content (AvgIpc) is 2.00. The molecule has 0 aromatic heterocycles. The quantitative estimate of drug-likeness (QED) is 0.587. The van der Waals surface area contributed by atoms with Gasteiger partial charge in [0.15, 0.2) is 0 Å². The fraction of sp³-hybridized carbons (Fsp3) is 1.00. The van der Waals surface area contributed by atoms with Gasteiger partial charge in [-0.05, 0) is 6.42 Å². The van der Waals surface area contributed by atoms with Crippen LogP contribution in [0.25, 0.3) is 0 Å². The minimum atomic E-state index is -3.28. The number of quaternary nitrogens is 1. The lowest BCUT2D eigenvalue weighted by Gasteiger charge is -2.12. The molecule has 0 saturated carbocycles. The maximum atomic E-state index is 11.3. The molecule has 80 valence electrons. The van der Waals surface area contributed by atoms with Gasteiger partial charge in [0.05, 0.1) is 33.4 Å². The van der Waals surface area contributed by atoms with Crippen molar-refractivity contribution >= 4 is 7.60 Å². The topological polar surface area (TPSA) is 51.0 Å². The van der Waals surface area contributed by atoms with Gasteiger partial charge in [-0.25, -0.2) is 0 Å². The second-order valence-electron chi connectivity index (χ2n) is 3.50. The van der Waals surface area contributed by atoms with Crippen molar-refractivity contribution in [2.45, 2.75) is 19.8 Å². The number of rotatable bonds is 7. The summed E-state index contributed by atoms with van der Waals surface area (Å²) in [5.41, 5.74) is 0. The molecule has 0 amide bonds. The first-order valence-electron chi connectivity index (χ1n) is 4.73. The van der Waals surface area contributed by atoms with Crippen molar-refractivity contribution in [3.63, 3.8) is 0 Å². The van der Waals surface area contributed by atoms with Gasteiger partial charge in [-0.15, -0.1) is 0 Å². The van der Waals surface area contributed by atoms with E-state index < -0.39 is 7.60 Å². The van der Waals surface area contributed by atoms with E-state index in [0.717, 1.165) is 19.4 Å². The van der Waals surface area contributed by atoms with Gasteiger partial charge in [0.25, 0.3) is 0 Å². The van der Waals surface area contributed by atoms with Gasteiger partial charge in [0, 0.05) is 6.42 Å². The normalized spacial score (nSPS) is 16.1. The van der Waals surface area contributed by atoms with Crippen LogP contribution in [0.15, 0.2) is 0 Å². The molecule has 0 rings (SSSR count). The Morgan fingerprint density at radius 1 is 1.46 bits per heavy atom. The highest BCUT2D eigenvalue weighted by Crippen LogP contribution is 2.42. The van der Waals surface area contributed by atoms with Crippen molar-refractivity contribution in [3.8, 4) is 0 Å². The average molecular weight is 210 g/mol. The van der Waals surface area contributed by atoms with E-state index in [9.17, 15) is 9.46 Å². The minimum absolute atomic E-state index is 0.276. The summed E-state index contributed by atoms with van der Waals surface area (Å²) in [6.07, 6.45) is 1.79. The molecule has 0 aliphatic heterocycles. The van der Waals surface area contributed by atoms with E-state index in [0.29, 0.717) is 6.61 Å². The van der Waals surface area contributed by atoms with Gasteiger partial charge < -0.3 is 14.3 Å². The Morgan fingerprint density at radius 3 is 2.54 bits per heavy atom. The maximum absolute atomic E-state index is 11.3. The summed E-state index contributed by atoms with van der Waals surface area (Å²) >= 11 is 0. The number of nitrogens with one attached hydrogen (secondary N) is 1. The van der Waals surface area contributed by atoms with Gasteiger partial charge in [-0.1, -0.05) is 6.92 Å². The van der Waals surface area contributed by atoms with Crippen LogP contribution in [0.5, 0.6) is 0 Å². The third-order valence-electron chi connectivity index (χ3n) is 1.61. The van der Waals surface area contributed by atoms with E-state index in [-0.39, 0.29) is 6.16 Å². The third kappa shape index (κ3) is 8.44. The molecule has 2 N–H and O–H groups in total. The van der Waals surface area contributed by atoms with Crippen LogP contribution < -0.4 is 4.90 Å². The van der Waals surface area contributed by atoms with Crippen molar-refractivity contribution < 1.29 is 18.9 Å². The Hall–Kier alpha value is 0.110. The second kappa shape index (κ2) is 6.55. The molecule has 13 heavy (non-hydrogen) atoms. The molecule has 0 aliphatic rings. The van der Waals surface area contributed by atoms with Crippen LogP contribution in [-0.2, 0) is 9.09 Å². The smallest absolute Gasteiger partial charge is 0.328 e. The summed E-state index contributed by atoms with van der Waals surface area (Å²) in [6.45, 7) is 3.20. The first kappa shape index (κ1) is 13.1. The standard InChI is InChI=1S/C8H20NO3P/c1-4-7-12-13(10,11)8-5-6-9(2)3/h4-8H2,1-3H3,(H,10,11)/p+1. The van der Waals surface area contributed by atoms with Crippen LogP contribution in [0.2, 0.25) is 0 Å². The van der Waals surface area contributed by atoms with Gasteiger partial charge in [-0.3, -0.25) is 4.57 Å². The zero-order chi connectivity index (χ0) is 10.3. The summed E-state index contributed by atoms with van der Waals surface area (Å²) in [5.74, 6) is 0. The van der Waals surface area contributed by atoms with E-state index in [1.165, 1.54) is 4.90 Å². The fourth-order valence-corrected chi connectivity index (χ4v) is 2.09. The first-order chi connectivity index (χ1) is 5.98. The Kier molecular flexibility index (Phi) is 6.60. The fourth-order valence-electron chi connectivity index (χ4n) is 0.931. The second-order valence-corrected chi connectivity index (χ2v) is 5.49. The Labute approximate surface area is 80.4 Å². The van der Waals surface area contributed by atoms with Crippen molar-refractivity contribution in [3.05, 3.63) is 0 Å². The third-order valence-corrected chi connectivity index (χ3v) is 3.08. The van der Waals surface area contributed by atoms with E-state index in [1.807, 2.05) is 21.0 Å². The molecule has 0 radical (unpaired) electrons. The Balaban J connectivity index is 3.57. The summed E-state index contributed by atoms with van der Waals surface area (Å²) in [7, 11) is 0.767. The van der Waals surface area contributed by atoms with Crippen LogP contribution in [0.3, 0.4) is 0 Å². The highest BCUT2D eigenvalue weighted by Gasteiger charge is 2.18. The molecular weight excluding hydrogens is 189 g/mol. The molecule has 0 aromatic carbocycles. The largest absolute Gasteiger partial charge is 0.340 e. The lowest BCUT2D eigenvalue weighted by Crippen LogP contribution is -3.05. The zero-order valence-corrected chi connectivity index (χ0v) is 9.64. The molecule has 0 aromatic rings. The van der Waals surface area contributed by atoms with Crippen LogP contribution in [0.4, 0.5) is 0 Å². The molecule has 0 fully saturated rings. The molecule has 0 saturated heterocycles. The summed E-state index contributed by atoms with van der Waals surface area (Å²) in [4.78, 5) is 10.6. The summed E-state index contributed by atoms with van der Waals surface area (Å²) in [6, 6.07) is 0. The Bertz CT molecular complexity index is 173. The summed E-state index contributed by atoms with van der Waals surface area (Å²) < 4.78 is 16.1. The highest BCUT2D eigenvalue weighted by atomic mass is 31.2. The van der Waals surface area contributed by atoms with Gasteiger partial charge in [-0.2, -0.15) is 0 Å². The lowest BCUT2D eigenvalue weighted by molar-refractivity contribution is -0.858.